The summed E-state index contributed by atoms with van der Waals surface area (Å²) in [6.45, 7) is 0.906. The smallest absolute Gasteiger partial charge is 0.170 e. The molecule has 1 aliphatic rings. The molecular formula is C19H18BrN3O2. The lowest BCUT2D eigenvalue weighted by Crippen LogP contribution is -2.04. The van der Waals surface area contributed by atoms with Crippen LogP contribution < -0.4 is 14.8 Å². The molecule has 25 heavy (non-hydrogen) atoms. The van der Waals surface area contributed by atoms with Crippen molar-refractivity contribution in [1.82, 2.24) is 9.78 Å². The van der Waals surface area contributed by atoms with Crippen molar-refractivity contribution in [2.45, 2.75) is 6.42 Å². The number of rotatable bonds is 4. The third kappa shape index (κ3) is 2.66. The van der Waals surface area contributed by atoms with E-state index in [1.807, 2.05) is 47.1 Å². The summed E-state index contributed by atoms with van der Waals surface area (Å²) in [6, 6.07) is 14.0. The summed E-state index contributed by atoms with van der Waals surface area (Å²) in [5.74, 6) is 2.46. The number of nitrogens with zero attached hydrogens (tertiary/aromatic N) is 2. The zero-order chi connectivity index (χ0) is 17.4. The van der Waals surface area contributed by atoms with Crippen molar-refractivity contribution in [3.8, 4) is 28.4 Å². The third-order valence-corrected chi connectivity index (χ3v) is 4.91. The molecule has 4 rings (SSSR count). The van der Waals surface area contributed by atoms with Crippen molar-refractivity contribution >= 4 is 21.7 Å². The molecule has 0 bridgehead atoms. The summed E-state index contributed by atoms with van der Waals surface area (Å²) < 4.78 is 14.1. The first-order valence-electron chi connectivity index (χ1n) is 8.06. The molecule has 0 aliphatic carbocycles. The van der Waals surface area contributed by atoms with Crippen LogP contribution in [0.4, 0.5) is 5.82 Å². The van der Waals surface area contributed by atoms with Crippen LogP contribution in [0.3, 0.4) is 0 Å². The molecule has 128 valence electrons. The van der Waals surface area contributed by atoms with Gasteiger partial charge in [0, 0.05) is 22.1 Å². The van der Waals surface area contributed by atoms with Crippen LogP contribution in [0.5, 0.6) is 11.5 Å². The average molecular weight is 400 g/mol. The summed E-state index contributed by atoms with van der Waals surface area (Å²) in [6.07, 6.45) is 0.932. The monoisotopic (exact) mass is 399 g/mol. The highest BCUT2D eigenvalue weighted by molar-refractivity contribution is 9.10. The molecule has 2 aromatic carbocycles. The van der Waals surface area contributed by atoms with Crippen molar-refractivity contribution in [2.24, 2.45) is 0 Å². The zero-order valence-corrected chi connectivity index (χ0v) is 15.6. The van der Waals surface area contributed by atoms with E-state index >= 15 is 0 Å². The fourth-order valence-corrected chi connectivity index (χ4v) is 3.50. The number of anilines is 1. The molecule has 0 radical (unpaired) electrons. The summed E-state index contributed by atoms with van der Waals surface area (Å²) in [4.78, 5) is 0. The molecule has 2 heterocycles. The zero-order valence-electron chi connectivity index (χ0n) is 14.0. The first kappa shape index (κ1) is 16.0. The Morgan fingerprint density at radius 1 is 1.08 bits per heavy atom. The Hall–Kier alpha value is -2.47. The predicted molar refractivity (Wildman–Crippen MR) is 102 cm³/mol. The Labute approximate surface area is 154 Å². The van der Waals surface area contributed by atoms with Crippen molar-refractivity contribution in [3.63, 3.8) is 0 Å². The number of fused-ring (bicyclic) bond motifs is 1. The van der Waals surface area contributed by atoms with E-state index in [1.165, 1.54) is 5.56 Å². The number of benzene rings is 2. The van der Waals surface area contributed by atoms with Crippen LogP contribution in [-0.2, 0) is 6.42 Å². The molecule has 0 unspecified atom stereocenters. The van der Waals surface area contributed by atoms with Gasteiger partial charge >= 0.3 is 0 Å². The summed E-state index contributed by atoms with van der Waals surface area (Å²) >= 11 is 3.48. The molecule has 1 aromatic heterocycles. The molecule has 0 saturated carbocycles. The van der Waals surface area contributed by atoms with E-state index in [4.69, 9.17) is 14.6 Å². The SMILES string of the molecule is COc1cccc(-c2nn(-c3ccc(Br)cc3)c3c2CCN3)c1OC. The minimum Gasteiger partial charge on any atom is -0.493 e. The lowest BCUT2D eigenvalue weighted by atomic mass is 10.1. The lowest BCUT2D eigenvalue weighted by Gasteiger charge is -2.11. The van der Waals surface area contributed by atoms with Crippen LogP contribution in [0.25, 0.3) is 16.9 Å². The molecular weight excluding hydrogens is 382 g/mol. The van der Waals surface area contributed by atoms with Gasteiger partial charge in [0.1, 0.15) is 11.5 Å². The topological polar surface area (TPSA) is 48.3 Å². The van der Waals surface area contributed by atoms with Gasteiger partial charge in [-0.3, -0.25) is 0 Å². The average Bonchev–Trinajstić information content (AvgIpc) is 3.24. The normalized spacial score (nSPS) is 12.6. The molecule has 0 saturated heterocycles. The molecule has 0 atom stereocenters. The van der Waals surface area contributed by atoms with Crippen molar-refractivity contribution in [3.05, 3.63) is 52.5 Å². The summed E-state index contributed by atoms with van der Waals surface area (Å²) in [5, 5.41) is 8.34. The van der Waals surface area contributed by atoms with E-state index < -0.39 is 0 Å². The second kappa shape index (κ2) is 6.44. The molecule has 1 N–H and O–H groups in total. The maximum absolute atomic E-state index is 5.61. The molecule has 5 nitrogen and oxygen atoms in total. The Morgan fingerprint density at radius 2 is 1.88 bits per heavy atom. The number of para-hydroxylation sites is 1. The Balaban J connectivity index is 1.90. The lowest BCUT2D eigenvalue weighted by molar-refractivity contribution is 0.356. The molecule has 0 amide bonds. The number of nitrogens with one attached hydrogen (secondary N) is 1. The number of hydrogen-bond acceptors (Lipinski definition) is 4. The quantitative estimate of drug-likeness (QED) is 0.710. The standard InChI is InChI=1S/C19H18BrN3O2/c1-24-16-5-3-4-14(18(16)25-2)17-15-10-11-21-19(15)23(22-17)13-8-6-12(20)7-9-13/h3-9,21H,10-11H2,1-2H3. The van der Waals surface area contributed by atoms with Crippen LogP contribution in [0, 0.1) is 0 Å². The van der Waals surface area contributed by atoms with Gasteiger partial charge in [0.15, 0.2) is 11.5 Å². The van der Waals surface area contributed by atoms with E-state index in [1.54, 1.807) is 14.2 Å². The molecule has 0 fully saturated rings. The minimum absolute atomic E-state index is 0.706. The molecule has 1 aliphatic heterocycles. The van der Waals surface area contributed by atoms with Crippen molar-refractivity contribution in [1.29, 1.82) is 0 Å². The highest BCUT2D eigenvalue weighted by Crippen LogP contribution is 2.42. The highest BCUT2D eigenvalue weighted by atomic mass is 79.9. The number of methoxy groups -OCH3 is 2. The van der Waals surface area contributed by atoms with Crippen LogP contribution in [-0.4, -0.2) is 30.5 Å². The maximum atomic E-state index is 5.61. The van der Waals surface area contributed by atoms with Gasteiger partial charge in [-0.25, -0.2) is 4.68 Å². The fraction of sp³-hybridized carbons (Fsp3) is 0.211. The van der Waals surface area contributed by atoms with Crippen LogP contribution >= 0.6 is 15.9 Å². The third-order valence-electron chi connectivity index (χ3n) is 4.38. The van der Waals surface area contributed by atoms with Crippen LogP contribution in [0.1, 0.15) is 5.56 Å². The van der Waals surface area contributed by atoms with E-state index in [0.29, 0.717) is 11.5 Å². The number of ether oxygens (including phenoxy) is 2. The number of aromatic nitrogens is 2. The van der Waals surface area contributed by atoms with Crippen LogP contribution in [0.15, 0.2) is 46.9 Å². The van der Waals surface area contributed by atoms with Gasteiger partial charge in [0.05, 0.1) is 19.9 Å². The first-order chi connectivity index (χ1) is 12.2. The number of halogens is 1. The fourth-order valence-electron chi connectivity index (χ4n) is 3.23. The minimum atomic E-state index is 0.706. The largest absolute Gasteiger partial charge is 0.493 e. The first-order valence-corrected chi connectivity index (χ1v) is 8.85. The summed E-state index contributed by atoms with van der Waals surface area (Å²) in [5.41, 5.74) is 4.09. The van der Waals surface area contributed by atoms with Gasteiger partial charge in [0.2, 0.25) is 0 Å². The molecule has 0 spiro atoms. The van der Waals surface area contributed by atoms with E-state index in [-0.39, 0.29) is 0 Å². The predicted octanol–water partition coefficient (Wildman–Crippen LogP) is 4.29. The Morgan fingerprint density at radius 3 is 2.60 bits per heavy atom. The van der Waals surface area contributed by atoms with Gasteiger partial charge in [-0.05, 0) is 42.8 Å². The van der Waals surface area contributed by atoms with Gasteiger partial charge in [0.25, 0.3) is 0 Å². The van der Waals surface area contributed by atoms with Gasteiger partial charge < -0.3 is 14.8 Å². The van der Waals surface area contributed by atoms with Crippen LogP contribution in [0.2, 0.25) is 0 Å². The second-order valence-electron chi connectivity index (χ2n) is 5.78. The van der Waals surface area contributed by atoms with E-state index in [2.05, 4.69) is 21.2 Å². The van der Waals surface area contributed by atoms with E-state index in [0.717, 1.165) is 40.2 Å². The summed E-state index contributed by atoms with van der Waals surface area (Å²) in [7, 11) is 3.31. The Kier molecular flexibility index (Phi) is 4.13. The highest BCUT2D eigenvalue weighted by Gasteiger charge is 2.26. The van der Waals surface area contributed by atoms with Gasteiger partial charge in [-0.1, -0.05) is 22.0 Å². The number of hydrogen-bond donors (Lipinski definition) is 1. The molecule has 3 aromatic rings. The van der Waals surface area contributed by atoms with Gasteiger partial charge in [-0.2, -0.15) is 5.10 Å². The van der Waals surface area contributed by atoms with Crippen molar-refractivity contribution in [2.75, 3.05) is 26.1 Å². The van der Waals surface area contributed by atoms with E-state index in [9.17, 15) is 0 Å². The molecule has 6 heteroatoms. The van der Waals surface area contributed by atoms with Gasteiger partial charge in [-0.15, -0.1) is 0 Å². The maximum Gasteiger partial charge on any atom is 0.170 e. The Bertz CT molecular complexity index is 919. The second-order valence-corrected chi connectivity index (χ2v) is 6.70. The van der Waals surface area contributed by atoms with Crippen molar-refractivity contribution < 1.29 is 9.47 Å².